The van der Waals surface area contributed by atoms with Gasteiger partial charge >= 0.3 is 0 Å². The molecule has 3 N–H and O–H groups in total. The molecule has 3 heteroatoms. The molecule has 0 spiro atoms. The van der Waals surface area contributed by atoms with Crippen molar-refractivity contribution in [2.24, 2.45) is 17.7 Å². The number of nitrogens with one attached hydrogen (secondary N) is 1. The van der Waals surface area contributed by atoms with Crippen molar-refractivity contribution in [1.82, 2.24) is 5.43 Å². The van der Waals surface area contributed by atoms with E-state index in [1.165, 1.54) is 43.6 Å². The molecule has 0 bridgehead atoms. The van der Waals surface area contributed by atoms with Crippen molar-refractivity contribution in [2.45, 2.75) is 52.0 Å². The lowest BCUT2D eigenvalue weighted by Crippen LogP contribution is -2.44. The van der Waals surface area contributed by atoms with Crippen LogP contribution < -0.4 is 11.3 Å². The van der Waals surface area contributed by atoms with Gasteiger partial charge in [0.25, 0.3) is 0 Å². The minimum Gasteiger partial charge on any atom is -0.271 e. The van der Waals surface area contributed by atoms with Crippen LogP contribution in [0.2, 0.25) is 0 Å². The van der Waals surface area contributed by atoms with Gasteiger partial charge in [-0.3, -0.25) is 11.3 Å². The highest BCUT2D eigenvalue weighted by Gasteiger charge is 2.26. The van der Waals surface area contributed by atoms with Crippen molar-refractivity contribution in [3.05, 3.63) is 0 Å². The Hall–Kier alpha value is 0.270. The third kappa shape index (κ3) is 4.33. The lowest BCUT2D eigenvalue weighted by molar-refractivity contribution is 0.219. The first-order chi connectivity index (χ1) is 7.31. The van der Waals surface area contributed by atoms with Crippen LogP contribution in [0, 0.1) is 11.8 Å². The lowest BCUT2D eigenvalue weighted by Gasteiger charge is -2.33. The number of thioether (sulfide) groups is 1. The first-order valence-corrected chi connectivity index (χ1v) is 7.51. The van der Waals surface area contributed by atoms with Gasteiger partial charge in [0, 0.05) is 11.8 Å². The molecule has 90 valence electrons. The Labute approximate surface area is 98.7 Å². The van der Waals surface area contributed by atoms with Crippen LogP contribution in [0.4, 0.5) is 0 Å². The second kappa shape index (κ2) is 7.53. The second-order valence-corrected chi connectivity index (χ2v) is 5.95. The van der Waals surface area contributed by atoms with Gasteiger partial charge in [0.05, 0.1) is 0 Å². The smallest absolute Gasteiger partial charge is 0.0329 e. The lowest BCUT2D eigenvalue weighted by atomic mass is 9.77. The predicted octanol–water partition coefficient (Wildman–Crippen LogP) is 2.79. The van der Waals surface area contributed by atoms with Gasteiger partial charge in [-0.05, 0) is 30.4 Å². The van der Waals surface area contributed by atoms with E-state index in [-0.39, 0.29) is 0 Å². The van der Waals surface area contributed by atoms with Crippen molar-refractivity contribution in [1.29, 1.82) is 0 Å². The molecule has 1 saturated carbocycles. The maximum Gasteiger partial charge on any atom is 0.0329 e. The van der Waals surface area contributed by atoms with Crippen LogP contribution in [0.1, 0.15) is 46.0 Å². The number of hydrogen-bond donors (Lipinski definition) is 2. The summed E-state index contributed by atoms with van der Waals surface area (Å²) in [6.45, 7) is 4.53. The Bertz CT molecular complexity index is 164. The van der Waals surface area contributed by atoms with Crippen LogP contribution >= 0.6 is 11.8 Å². The van der Waals surface area contributed by atoms with E-state index in [0.29, 0.717) is 6.04 Å². The summed E-state index contributed by atoms with van der Waals surface area (Å²) in [7, 11) is 0. The third-order valence-corrected chi connectivity index (χ3v) is 4.69. The minimum atomic E-state index is 0.532. The van der Waals surface area contributed by atoms with Gasteiger partial charge in [0.15, 0.2) is 0 Å². The zero-order valence-electron chi connectivity index (χ0n) is 10.2. The Balaban J connectivity index is 2.37. The van der Waals surface area contributed by atoms with E-state index in [4.69, 9.17) is 5.84 Å². The largest absolute Gasteiger partial charge is 0.271 e. The van der Waals surface area contributed by atoms with Gasteiger partial charge in [-0.25, -0.2) is 0 Å². The highest BCUT2D eigenvalue weighted by atomic mass is 32.2. The maximum absolute atomic E-state index is 5.67. The highest BCUT2D eigenvalue weighted by molar-refractivity contribution is 7.99. The Kier molecular flexibility index (Phi) is 6.69. The first-order valence-electron chi connectivity index (χ1n) is 6.35. The van der Waals surface area contributed by atoms with Gasteiger partial charge in [-0.2, -0.15) is 11.8 Å². The van der Waals surface area contributed by atoms with Crippen molar-refractivity contribution in [2.75, 3.05) is 11.5 Å². The average molecular weight is 230 g/mol. The molecule has 0 aromatic heterocycles. The minimum absolute atomic E-state index is 0.532. The molecule has 0 aromatic carbocycles. The Morgan fingerprint density at radius 1 is 1.40 bits per heavy atom. The van der Waals surface area contributed by atoms with Crippen LogP contribution in [0.15, 0.2) is 0 Å². The summed E-state index contributed by atoms with van der Waals surface area (Å²) in [5.74, 6) is 9.80. The third-order valence-electron chi connectivity index (χ3n) is 3.69. The second-order valence-electron chi connectivity index (χ2n) is 4.63. The van der Waals surface area contributed by atoms with Gasteiger partial charge in [0.1, 0.15) is 0 Å². The van der Waals surface area contributed by atoms with Crippen LogP contribution in [0.25, 0.3) is 0 Å². The van der Waals surface area contributed by atoms with Crippen LogP contribution in [-0.2, 0) is 0 Å². The molecule has 15 heavy (non-hydrogen) atoms. The Morgan fingerprint density at radius 3 is 2.80 bits per heavy atom. The normalized spacial score (nSPS) is 29.0. The monoisotopic (exact) mass is 230 g/mol. The quantitative estimate of drug-likeness (QED) is 0.544. The fourth-order valence-electron chi connectivity index (χ4n) is 2.63. The number of hydrogen-bond acceptors (Lipinski definition) is 3. The van der Waals surface area contributed by atoms with Gasteiger partial charge in [-0.1, -0.05) is 33.1 Å². The number of rotatable bonds is 6. The Morgan fingerprint density at radius 2 is 2.20 bits per heavy atom. The van der Waals surface area contributed by atoms with Gasteiger partial charge < -0.3 is 0 Å². The van der Waals surface area contributed by atoms with E-state index in [1.54, 1.807) is 0 Å². The average Bonchev–Trinajstić information content (AvgIpc) is 2.30. The molecule has 1 rings (SSSR count). The van der Waals surface area contributed by atoms with Gasteiger partial charge in [-0.15, -0.1) is 0 Å². The van der Waals surface area contributed by atoms with Crippen LogP contribution in [0.3, 0.4) is 0 Å². The highest BCUT2D eigenvalue weighted by Crippen LogP contribution is 2.33. The molecule has 3 atom stereocenters. The fraction of sp³-hybridized carbons (Fsp3) is 1.00. The van der Waals surface area contributed by atoms with E-state index in [1.807, 2.05) is 11.8 Å². The van der Waals surface area contributed by atoms with Crippen molar-refractivity contribution < 1.29 is 0 Å². The van der Waals surface area contributed by atoms with E-state index < -0.39 is 0 Å². The maximum atomic E-state index is 5.67. The molecule has 0 aliphatic heterocycles. The van der Waals surface area contributed by atoms with Crippen LogP contribution in [0.5, 0.6) is 0 Å². The molecule has 3 unspecified atom stereocenters. The summed E-state index contributed by atoms with van der Waals surface area (Å²) < 4.78 is 0. The topological polar surface area (TPSA) is 38.0 Å². The van der Waals surface area contributed by atoms with E-state index >= 15 is 0 Å². The number of nitrogens with two attached hydrogens (primary N) is 1. The summed E-state index contributed by atoms with van der Waals surface area (Å²) in [6, 6.07) is 0.532. The molecule has 0 radical (unpaired) electrons. The fourth-order valence-corrected chi connectivity index (χ4v) is 3.49. The molecule has 1 aliphatic rings. The summed E-state index contributed by atoms with van der Waals surface area (Å²) in [6.07, 6.45) is 6.93. The molecule has 0 heterocycles. The molecule has 2 nitrogen and oxygen atoms in total. The molecule has 0 aromatic rings. The van der Waals surface area contributed by atoms with E-state index in [9.17, 15) is 0 Å². The van der Waals surface area contributed by atoms with Gasteiger partial charge in [0.2, 0.25) is 0 Å². The van der Waals surface area contributed by atoms with E-state index in [2.05, 4.69) is 19.3 Å². The van der Waals surface area contributed by atoms with E-state index in [0.717, 1.165) is 11.8 Å². The van der Waals surface area contributed by atoms with Crippen molar-refractivity contribution in [3.8, 4) is 0 Å². The molecule has 1 fully saturated rings. The molecular weight excluding hydrogens is 204 g/mol. The molecule has 0 saturated heterocycles. The SMILES string of the molecule is CCSCC(NN)C1CCCC(CC)C1. The molecule has 1 aliphatic carbocycles. The predicted molar refractivity (Wildman–Crippen MR) is 69.8 cm³/mol. The summed E-state index contributed by atoms with van der Waals surface area (Å²) in [5, 5.41) is 0. The summed E-state index contributed by atoms with van der Waals surface area (Å²) in [5.41, 5.74) is 3.03. The molecule has 0 amide bonds. The van der Waals surface area contributed by atoms with Crippen LogP contribution in [-0.4, -0.2) is 17.5 Å². The molecular formula is C12H26N2S. The summed E-state index contributed by atoms with van der Waals surface area (Å²) >= 11 is 2.00. The zero-order chi connectivity index (χ0) is 11.1. The standard InChI is InChI=1S/C12H26N2S/c1-3-10-6-5-7-11(8-10)12(14-13)9-15-4-2/h10-12,14H,3-9,13H2,1-2H3. The number of hydrazine groups is 1. The van der Waals surface area contributed by atoms with Crippen molar-refractivity contribution >= 4 is 11.8 Å². The van der Waals surface area contributed by atoms with Crippen molar-refractivity contribution in [3.63, 3.8) is 0 Å². The summed E-state index contributed by atoms with van der Waals surface area (Å²) in [4.78, 5) is 0. The zero-order valence-corrected chi connectivity index (χ0v) is 11.0. The first kappa shape index (κ1) is 13.3.